The number of benzene rings is 2. The summed E-state index contributed by atoms with van der Waals surface area (Å²) in [6, 6.07) is 14.7. The van der Waals surface area contributed by atoms with E-state index in [2.05, 4.69) is 15.9 Å². The lowest BCUT2D eigenvalue weighted by Gasteiger charge is -2.15. The van der Waals surface area contributed by atoms with E-state index in [0.717, 1.165) is 21.7 Å². The lowest BCUT2D eigenvalue weighted by molar-refractivity contribution is 0.112. The molecule has 0 N–H and O–H groups in total. The topological polar surface area (TPSA) is 39.1 Å². The lowest BCUT2D eigenvalue weighted by Crippen LogP contribution is -2.19. The van der Waals surface area contributed by atoms with Crippen molar-refractivity contribution in [2.45, 2.75) is 0 Å². The first-order chi connectivity index (χ1) is 10.1. The molecule has 3 nitrogen and oxygen atoms in total. The summed E-state index contributed by atoms with van der Waals surface area (Å²) in [6.45, 7) is 0. The molecule has 0 spiro atoms. The minimum atomic E-state index is -0.0792. The summed E-state index contributed by atoms with van der Waals surface area (Å²) < 4.78 is 2.39. The van der Waals surface area contributed by atoms with Gasteiger partial charge < -0.3 is 4.57 Å². The monoisotopic (exact) mass is 341 g/mol. The van der Waals surface area contributed by atoms with E-state index < -0.39 is 0 Å². The maximum absolute atomic E-state index is 12.5. The molecule has 4 heteroatoms. The number of carbonyl (C=O) groups is 1. The van der Waals surface area contributed by atoms with Crippen LogP contribution in [0.4, 0.5) is 0 Å². The molecule has 0 saturated carbocycles. The molecule has 0 atom stereocenters. The predicted molar refractivity (Wildman–Crippen MR) is 87.7 cm³/mol. The van der Waals surface area contributed by atoms with E-state index in [-0.39, 0.29) is 5.56 Å². The van der Waals surface area contributed by atoms with Crippen LogP contribution in [-0.2, 0) is 7.05 Å². The minimum Gasteiger partial charge on any atom is -0.310 e. The normalized spacial score (nSPS) is 10.8. The lowest BCUT2D eigenvalue weighted by atomic mass is 10.0. The van der Waals surface area contributed by atoms with Gasteiger partial charge in [-0.15, -0.1) is 0 Å². The Labute approximate surface area is 130 Å². The van der Waals surface area contributed by atoms with Gasteiger partial charge in [-0.2, -0.15) is 0 Å². The Balaban J connectivity index is 2.49. The fraction of sp³-hybridized carbons (Fsp3) is 0.0588. The third-order valence-electron chi connectivity index (χ3n) is 3.58. The molecular formula is C17H12BrNO2. The van der Waals surface area contributed by atoms with Gasteiger partial charge in [-0.05, 0) is 22.0 Å². The molecule has 0 fully saturated rings. The highest BCUT2D eigenvalue weighted by Crippen LogP contribution is 2.33. The molecule has 104 valence electrons. The minimum absolute atomic E-state index is 0.0792. The predicted octanol–water partition coefficient (Wildman–Crippen LogP) is 3.78. The first kappa shape index (κ1) is 13.8. The fourth-order valence-corrected chi connectivity index (χ4v) is 3.36. The van der Waals surface area contributed by atoms with Gasteiger partial charge >= 0.3 is 0 Å². The number of nitrogens with zero attached hydrogens (tertiary/aromatic N) is 1. The third kappa shape index (κ3) is 2.12. The molecular weight excluding hydrogens is 330 g/mol. The SMILES string of the molecule is Cn1c(-c2ccccc2C=O)c(Br)c2ccccc2c1=O. The van der Waals surface area contributed by atoms with E-state index in [1.54, 1.807) is 29.8 Å². The van der Waals surface area contributed by atoms with Crippen molar-refractivity contribution in [3.8, 4) is 11.3 Å². The second-order valence-electron chi connectivity index (χ2n) is 4.78. The van der Waals surface area contributed by atoms with Crippen molar-refractivity contribution in [2.75, 3.05) is 0 Å². The van der Waals surface area contributed by atoms with Gasteiger partial charge in [-0.1, -0.05) is 42.5 Å². The fourth-order valence-electron chi connectivity index (χ4n) is 2.53. The van der Waals surface area contributed by atoms with Crippen molar-refractivity contribution >= 4 is 33.0 Å². The standard InChI is InChI=1S/C17H12BrNO2/c1-19-16(12-7-3-2-6-11(12)10-20)15(18)13-8-4-5-9-14(13)17(19)21/h2-10H,1H3. The van der Waals surface area contributed by atoms with Crippen molar-refractivity contribution in [1.82, 2.24) is 4.57 Å². The first-order valence-electron chi connectivity index (χ1n) is 6.47. The van der Waals surface area contributed by atoms with Crippen molar-refractivity contribution < 1.29 is 4.79 Å². The quantitative estimate of drug-likeness (QED) is 0.665. The summed E-state index contributed by atoms with van der Waals surface area (Å²) in [5.74, 6) is 0. The van der Waals surface area contributed by atoms with Crippen LogP contribution < -0.4 is 5.56 Å². The molecule has 0 unspecified atom stereocenters. The molecule has 0 radical (unpaired) electrons. The summed E-state index contributed by atoms with van der Waals surface area (Å²) in [5, 5.41) is 1.50. The van der Waals surface area contributed by atoms with Crippen LogP contribution in [0.25, 0.3) is 22.0 Å². The molecule has 0 aliphatic carbocycles. The molecule has 0 bridgehead atoms. The second-order valence-corrected chi connectivity index (χ2v) is 5.57. The molecule has 1 aromatic heterocycles. The Bertz CT molecular complexity index is 912. The van der Waals surface area contributed by atoms with Gasteiger partial charge in [0, 0.05) is 33.4 Å². The zero-order chi connectivity index (χ0) is 15.0. The highest BCUT2D eigenvalue weighted by Gasteiger charge is 2.16. The van der Waals surface area contributed by atoms with Gasteiger partial charge in [0.05, 0.1) is 5.69 Å². The molecule has 2 aromatic carbocycles. The van der Waals surface area contributed by atoms with Crippen LogP contribution in [0.1, 0.15) is 10.4 Å². The highest BCUT2D eigenvalue weighted by molar-refractivity contribution is 9.10. The van der Waals surface area contributed by atoms with Crippen LogP contribution in [0.15, 0.2) is 57.8 Å². The number of halogens is 1. The summed E-state index contributed by atoms with van der Waals surface area (Å²) in [4.78, 5) is 23.8. The molecule has 21 heavy (non-hydrogen) atoms. The largest absolute Gasteiger partial charge is 0.310 e. The van der Waals surface area contributed by atoms with Crippen LogP contribution >= 0.6 is 15.9 Å². The number of carbonyl (C=O) groups excluding carboxylic acids is 1. The van der Waals surface area contributed by atoms with Crippen LogP contribution in [0.3, 0.4) is 0 Å². The maximum atomic E-state index is 12.5. The Morgan fingerprint density at radius 2 is 1.62 bits per heavy atom. The van der Waals surface area contributed by atoms with E-state index in [1.807, 2.05) is 30.3 Å². The summed E-state index contributed by atoms with van der Waals surface area (Å²) in [7, 11) is 1.72. The van der Waals surface area contributed by atoms with Crippen molar-refractivity contribution in [1.29, 1.82) is 0 Å². The van der Waals surface area contributed by atoms with E-state index >= 15 is 0 Å². The summed E-state index contributed by atoms with van der Waals surface area (Å²) in [5.41, 5.74) is 1.93. The molecule has 0 aliphatic heterocycles. The van der Waals surface area contributed by atoms with Crippen molar-refractivity contribution in [2.24, 2.45) is 7.05 Å². The molecule has 0 saturated heterocycles. The van der Waals surface area contributed by atoms with E-state index in [4.69, 9.17) is 0 Å². The maximum Gasteiger partial charge on any atom is 0.258 e. The van der Waals surface area contributed by atoms with Crippen LogP contribution in [0.2, 0.25) is 0 Å². The van der Waals surface area contributed by atoms with E-state index in [1.165, 1.54) is 0 Å². The Morgan fingerprint density at radius 3 is 2.33 bits per heavy atom. The van der Waals surface area contributed by atoms with Gasteiger partial charge in [0.2, 0.25) is 0 Å². The first-order valence-corrected chi connectivity index (χ1v) is 7.26. The zero-order valence-electron chi connectivity index (χ0n) is 11.3. The van der Waals surface area contributed by atoms with Gasteiger partial charge in [0.25, 0.3) is 5.56 Å². The van der Waals surface area contributed by atoms with Crippen molar-refractivity contribution in [3.05, 3.63) is 68.9 Å². The number of aromatic nitrogens is 1. The molecule has 3 rings (SSSR count). The Hall–Kier alpha value is -2.20. The summed E-state index contributed by atoms with van der Waals surface area (Å²) in [6.07, 6.45) is 0.807. The number of hydrogen-bond donors (Lipinski definition) is 0. The number of aldehydes is 1. The smallest absolute Gasteiger partial charge is 0.258 e. The number of fused-ring (bicyclic) bond motifs is 1. The van der Waals surface area contributed by atoms with Crippen molar-refractivity contribution in [3.63, 3.8) is 0 Å². The number of pyridine rings is 1. The van der Waals surface area contributed by atoms with Crippen LogP contribution in [0, 0.1) is 0 Å². The Morgan fingerprint density at radius 1 is 1.00 bits per heavy atom. The Kier molecular flexibility index (Phi) is 3.47. The van der Waals surface area contributed by atoms with E-state index in [0.29, 0.717) is 16.6 Å². The third-order valence-corrected chi connectivity index (χ3v) is 4.39. The molecule has 0 aliphatic rings. The molecule has 1 heterocycles. The number of hydrogen-bond acceptors (Lipinski definition) is 2. The average Bonchev–Trinajstić information content (AvgIpc) is 2.53. The van der Waals surface area contributed by atoms with Gasteiger partial charge in [-0.3, -0.25) is 9.59 Å². The number of rotatable bonds is 2. The van der Waals surface area contributed by atoms with Gasteiger partial charge in [0.15, 0.2) is 6.29 Å². The average molecular weight is 342 g/mol. The molecule has 3 aromatic rings. The molecule has 0 amide bonds. The van der Waals surface area contributed by atoms with Crippen LogP contribution in [-0.4, -0.2) is 10.9 Å². The van der Waals surface area contributed by atoms with Gasteiger partial charge in [-0.25, -0.2) is 0 Å². The zero-order valence-corrected chi connectivity index (χ0v) is 12.9. The summed E-state index contributed by atoms with van der Waals surface area (Å²) >= 11 is 3.59. The highest BCUT2D eigenvalue weighted by atomic mass is 79.9. The van der Waals surface area contributed by atoms with Gasteiger partial charge in [0.1, 0.15) is 0 Å². The van der Waals surface area contributed by atoms with E-state index in [9.17, 15) is 9.59 Å². The second kappa shape index (κ2) is 5.30. The van der Waals surface area contributed by atoms with Crippen LogP contribution in [0.5, 0.6) is 0 Å².